The van der Waals surface area contributed by atoms with Crippen molar-refractivity contribution >= 4 is 5.91 Å². The minimum absolute atomic E-state index is 0.207. The van der Waals surface area contributed by atoms with E-state index in [1.165, 1.54) is 16.7 Å². The molecule has 2 aromatic rings. The molecule has 2 aromatic carbocycles. The molecule has 0 saturated carbocycles. The van der Waals surface area contributed by atoms with Crippen molar-refractivity contribution in [2.24, 2.45) is 0 Å². The van der Waals surface area contributed by atoms with Crippen molar-refractivity contribution in [2.75, 3.05) is 19.6 Å². The first-order valence-corrected chi connectivity index (χ1v) is 8.45. The van der Waals surface area contributed by atoms with Gasteiger partial charge in [0.1, 0.15) is 0 Å². The van der Waals surface area contributed by atoms with E-state index in [0.29, 0.717) is 6.54 Å². The van der Waals surface area contributed by atoms with Crippen LogP contribution in [0.1, 0.15) is 29.2 Å². The number of carbonyl (C=O) groups is 1. The van der Waals surface area contributed by atoms with Gasteiger partial charge in [-0.15, -0.1) is 0 Å². The number of piperazine rings is 1. The number of hydrogen-bond acceptors (Lipinski definition) is 2. The molecule has 2 heterocycles. The summed E-state index contributed by atoms with van der Waals surface area (Å²) in [4.78, 5) is 17.1. The topological polar surface area (TPSA) is 23.6 Å². The van der Waals surface area contributed by atoms with Crippen LogP contribution in [0.5, 0.6) is 0 Å². The summed E-state index contributed by atoms with van der Waals surface area (Å²) in [5.41, 5.74) is 4.03. The Balaban J connectivity index is 1.61. The molecule has 4 rings (SSSR count). The molecule has 3 heteroatoms. The van der Waals surface area contributed by atoms with Crippen molar-refractivity contribution in [1.82, 2.24) is 9.80 Å². The number of aryl methyl sites for hydroxylation is 1. The van der Waals surface area contributed by atoms with Crippen molar-refractivity contribution in [3.05, 3.63) is 71.3 Å². The fraction of sp³-hybridized carbons (Fsp3) is 0.350. The fourth-order valence-corrected chi connectivity index (χ4v) is 3.90. The Bertz CT molecular complexity index is 698. The van der Waals surface area contributed by atoms with Gasteiger partial charge in [0.25, 0.3) is 0 Å². The van der Waals surface area contributed by atoms with Crippen LogP contribution in [0.3, 0.4) is 0 Å². The van der Waals surface area contributed by atoms with E-state index in [9.17, 15) is 4.79 Å². The van der Waals surface area contributed by atoms with Gasteiger partial charge in [-0.2, -0.15) is 0 Å². The van der Waals surface area contributed by atoms with E-state index in [-0.39, 0.29) is 11.9 Å². The summed E-state index contributed by atoms with van der Waals surface area (Å²) in [6.07, 6.45) is 2.15. The van der Waals surface area contributed by atoms with Crippen molar-refractivity contribution in [3.8, 4) is 0 Å². The molecule has 2 aliphatic heterocycles. The SMILES string of the molecule is O=C1CN(Cc2ccccc2)CC2c3ccccc3CCCN12. The van der Waals surface area contributed by atoms with Crippen LogP contribution in [0.4, 0.5) is 0 Å². The third kappa shape index (κ3) is 2.89. The largest absolute Gasteiger partial charge is 0.333 e. The lowest BCUT2D eigenvalue weighted by Crippen LogP contribution is -2.51. The van der Waals surface area contributed by atoms with Crippen LogP contribution >= 0.6 is 0 Å². The van der Waals surface area contributed by atoms with E-state index in [1.54, 1.807) is 0 Å². The van der Waals surface area contributed by atoms with Gasteiger partial charge in [0.2, 0.25) is 5.91 Å². The molecule has 1 saturated heterocycles. The Morgan fingerprint density at radius 3 is 2.65 bits per heavy atom. The number of amides is 1. The van der Waals surface area contributed by atoms with Gasteiger partial charge >= 0.3 is 0 Å². The summed E-state index contributed by atoms with van der Waals surface area (Å²) in [6.45, 7) is 3.20. The van der Waals surface area contributed by atoms with Gasteiger partial charge in [0.15, 0.2) is 0 Å². The summed E-state index contributed by atoms with van der Waals surface area (Å²) < 4.78 is 0. The molecule has 2 aliphatic rings. The van der Waals surface area contributed by atoms with Gasteiger partial charge in [0.05, 0.1) is 12.6 Å². The summed E-state index contributed by atoms with van der Waals surface area (Å²) in [5, 5.41) is 0. The molecule has 0 radical (unpaired) electrons. The lowest BCUT2D eigenvalue weighted by Gasteiger charge is -2.41. The minimum Gasteiger partial charge on any atom is -0.333 e. The summed E-state index contributed by atoms with van der Waals surface area (Å²) >= 11 is 0. The maximum absolute atomic E-state index is 12.7. The highest BCUT2D eigenvalue weighted by Crippen LogP contribution is 2.32. The van der Waals surface area contributed by atoms with Crippen LogP contribution < -0.4 is 0 Å². The van der Waals surface area contributed by atoms with Gasteiger partial charge < -0.3 is 4.90 Å². The molecule has 0 spiro atoms. The van der Waals surface area contributed by atoms with Gasteiger partial charge in [-0.3, -0.25) is 9.69 Å². The van der Waals surface area contributed by atoms with Crippen LogP contribution in [0.15, 0.2) is 54.6 Å². The normalized spacial score (nSPS) is 21.5. The average Bonchev–Trinajstić information content (AvgIpc) is 2.76. The zero-order valence-electron chi connectivity index (χ0n) is 13.3. The quantitative estimate of drug-likeness (QED) is 0.851. The van der Waals surface area contributed by atoms with Gasteiger partial charge in [-0.1, -0.05) is 54.6 Å². The van der Waals surface area contributed by atoms with Gasteiger partial charge in [-0.05, 0) is 29.5 Å². The number of fused-ring (bicyclic) bond motifs is 3. The lowest BCUT2D eigenvalue weighted by molar-refractivity contribution is -0.140. The highest BCUT2D eigenvalue weighted by atomic mass is 16.2. The third-order valence-corrected chi connectivity index (χ3v) is 4.99. The van der Waals surface area contributed by atoms with Crippen LogP contribution in [-0.2, 0) is 17.8 Å². The Morgan fingerprint density at radius 1 is 1.00 bits per heavy atom. The van der Waals surface area contributed by atoms with Crippen LogP contribution in [-0.4, -0.2) is 35.3 Å². The maximum atomic E-state index is 12.7. The Labute approximate surface area is 137 Å². The van der Waals surface area contributed by atoms with E-state index < -0.39 is 0 Å². The molecule has 0 aliphatic carbocycles. The molecular formula is C20H22N2O. The molecule has 1 amide bonds. The third-order valence-electron chi connectivity index (χ3n) is 4.99. The lowest BCUT2D eigenvalue weighted by atomic mass is 9.96. The standard InChI is InChI=1S/C20H22N2O/c23-20-15-21(13-16-7-2-1-3-8-16)14-19-18-11-5-4-9-17(18)10-6-12-22(19)20/h1-5,7-9,11,19H,6,10,12-15H2. The van der Waals surface area contributed by atoms with Crippen molar-refractivity contribution < 1.29 is 4.79 Å². The van der Waals surface area contributed by atoms with Crippen molar-refractivity contribution in [1.29, 1.82) is 0 Å². The summed E-state index contributed by atoms with van der Waals surface area (Å²) in [6, 6.07) is 19.3. The van der Waals surface area contributed by atoms with E-state index in [2.05, 4.69) is 58.3 Å². The number of nitrogens with zero attached hydrogens (tertiary/aromatic N) is 2. The predicted molar refractivity (Wildman–Crippen MR) is 90.9 cm³/mol. The second-order valence-electron chi connectivity index (χ2n) is 6.56. The molecule has 118 valence electrons. The summed E-state index contributed by atoms with van der Waals surface area (Å²) in [7, 11) is 0. The molecule has 1 unspecified atom stereocenters. The predicted octanol–water partition coefficient (Wildman–Crippen LogP) is 3.02. The first-order chi connectivity index (χ1) is 11.3. The molecule has 1 atom stereocenters. The Hall–Kier alpha value is -2.13. The smallest absolute Gasteiger partial charge is 0.237 e. The number of rotatable bonds is 2. The zero-order chi connectivity index (χ0) is 15.6. The number of hydrogen-bond donors (Lipinski definition) is 0. The molecule has 3 nitrogen and oxygen atoms in total. The highest BCUT2D eigenvalue weighted by molar-refractivity contribution is 5.80. The molecule has 0 bridgehead atoms. The van der Waals surface area contributed by atoms with Gasteiger partial charge in [0, 0.05) is 19.6 Å². The molecular weight excluding hydrogens is 284 g/mol. The van der Waals surface area contributed by atoms with E-state index in [4.69, 9.17) is 0 Å². The van der Waals surface area contributed by atoms with Gasteiger partial charge in [-0.25, -0.2) is 0 Å². The fourth-order valence-electron chi connectivity index (χ4n) is 3.90. The van der Waals surface area contributed by atoms with Crippen LogP contribution in [0, 0.1) is 0 Å². The van der Waals surface area contributed by atoms with Crippen molar-refractivity contribution in [3.63, 3.8) is 0 Å². The van der Waals surface area contributed by atoms with Crippen LogP contribution in [0.2, 0.25) is 0 Å². The van der Waals surface area contributed by atoms with Crippen molar-refractivity contribution in [2.45, 2.75) is 25.4 Å². The van der Waals surface area contributed by atoms with Crippen LogP contribution in [0.25, 0.3) is 0 Å². The maximum Gasteiger partial charge on any atom is 0.237 e. The zero-order valence-corrected chi connectivity index (χ0v) is 13.3. The van der Waals surface area contributed by atoms with E-state index in [1.807, 2.05) is 6.07 Å². The monoisotopic (exact) mass is 306 g/mol. The second kappa shape index (κ2) is 6.17. The first kappa shape index (κ1) is 14.5. The minimum atomic E-state index is 0.207. The molecule has 0 aromatic heterocycles. The highest BCUT2D eigenvalue weighted by Gasteiger charge is 2.35. The Kier molecular flexibility index (Phi) is 3.88. The average molecular weight is 306 g/mol. The molecule has 23 heavy (non-hydrogen) atoms. The first-order valence-electron chi connectivity index (χ1n) is 8.45. The number of carbonyl (C=O) groups excluding carboxylic acids is 1. The van der Waals surface area contributed by atoms with E-state index >= 15 is 0 Å². The second-order valence-corrected chi connectivity index (χ2v) is 6.56. The number of benzene rings is 2. The molecule has 0 N–H and O–H groups in total. The summed E-state index contributed by atoms with van der Waals surface area (Å²) in [5.74, 6) is 0.272. The Morgan fingerprint density at radius 2 is 1.78 bits per heavy atom. The molecule has 1 fully saturated rings. The van der Waals surface area contributed by atoms with E-state index in [0.717, 1.165) is 32.5 Å².